The van der Waals surface area contributed by atoms with E-state index < -0.39 is 26.0 Å². The molecule has 0 spiro atoms. The van der Waals surface area contributed by atoms with Crippen LogP contribution in [0.5, 0.6) is 0 Å². The van der Waals surface area contributed by atoms with Crippen LogP contribution in [-0.4, -0.2) is 27.8 Å². The Morgan fingerprint density at radius 2 is 1.31 bits per heavy atom. The van der Waals surface area contributed by atoms with Crippen LogP contribution in [0, 0.1) is 19.0 Å². The Kier molecular flexibility index (Phi) is 12.2. The maximum absolute atomic E-state index is 8.49. The van der Waals surface area contributed by atoms with Gasteiger partial charge in [0, 0.05) is 42.1 Å². The smallest absolute Gasteiger partial charge is 0 e. The number of hydrogen-bond donors (Lipinski definition) is 0. The maximum atomic E-state index is 8.49. The van der Waals surface area contributed by atoms with Crippen LogP contribution in [0.1, 0.15) is 61.7 Å². The number of aromatic nitrogens is 3. The van der Waals surface area contributed by atoms with Crippen molar-refractivity contribution >= 4 is 72.2 Å². The summed E-state index contributed by atoms with van der Waals surface area (Å²) < 4.78 is 41.4. The third-order valence-electron chi connectivity index (χ3n) is 13.6. The molecular formula is C66H57GeIrN3O-2. The summed E-state index contributed by atoms with van der Waals surface area (Å²) in [5, 5.41) is 6.87. The molecular weight excluding hydrogens is 1120 g/mol. The van der Waals surface area contributed by atoms with Gasteiger partial charge in [0.1, 0.15) is 5.58 Å². The summed E-state index contributed by atoms with van der Waals surface area (Å²) >= 11 is -2.14. The molecule has 1 radical (unpaired) electrons. The molecule has 0 aliphatic carbocycles. The van der Waals surface area contributed by atoms with Gasteiger partial charge in [0.05, 0.1) is 22.4 Å². The number of pyridine rings is 1. The number of fused-ring (bicyclic) bond motifs is 8. The third kappa shape index (κ3) is 9.04. The zero-order valence-electron chi connectivity index (χ0n) is 45.6. The second-order valence-electron chi connectivity index (χ2n) is 20.0. The quantitative estimate of drug-likeness (QED) is 0.0865. The summed E-state index contributed by atoms with van der Waals surface area (Å²) in [4.78, 5) is 9.94. The first-order valence-electron chi connectivity index (χ1n) is 26.4. The fourth-order valence-electron chi connectivity index (χ4n) is 10.1. The van der Waals surface area contributed by atoms with Gasteiger partial charge >= 0.3 is 131 Å². The molecule has 3 aromatic heterocycles. The van der Waals surface area contributed by atoms with Crippen molar-refractivity contribution in [2.75, 3.05) is 0 Å². The van der Waals surface area contributed by atoms with Crippen molar-refractivity contribution in [1.29, 1.82) is 0 Å². The molecule has 0 N–H and O–H groups in total. The van der Waals surface area contributed by atoms with Gasteiger partial charge in [0.25, 0.3) is 0 Å². The number of furan rings is 1. The Balaban J connectivity index is 0.000000223. The zero-order valence-corrected chi connectivity index (χ0v) is 46.1. The van der Waals surface area contributed by atoms with Gasteiger partial charge in [-0.05, 0) is 68.6 Å². The van der Waals surface area contributed by atoms with Crippen LogP contribution in [0.15, 0.2) is 193 Å². The molecule has 0 unspecified atom stereocenters. The van der Waals surface area contributed by atoms with Gasteiger partial charge in [-0.25, -0.2) is 0 Å². The van der Waals surface area contributed by atoms with E-state index in [-0.39, 0.29) is 31.6 Å². The molecule has 3 heterocycles. The number of rotatable bonds is 8. The monoisotopic (exact) mass is 1180 g/mol. The SMILES string of the molecule is CC(C)c1cc(-c2ccccc2)cc(-c2ccccc2)c1-n1c(-c2[c-]ccc3c2oc2c3ccc3c4ccccc4ccc32)nc2ccccc21.[2H]C([2H])([2H])c1c[c-]c(-c2cc(C([2H])(C)C)[c]([Ge]([CH3])([CH3])[CH3])cn2)cc1.[Ir]. The Hall–Kier alpha value is -6.89. The summed E-state index contributed by atoms with van der Waals surface area (Å²) in [6.07, 6.45) is 1.91. The van der Waals surface area contributed by atoms with Crippen LogP contribution < -0.4 is 4.40 Å². The first-order chi connectivity index (χ1) is 35.9. The molecule has 12 rings (SSSR count). The van der Waals surface area contributed by atoms with Gasteiger partial charge in [-0.15, -0.1) is 18.2 Å². The minimum atomic E-state index is -2.14. The fourth-order valence-corrected chi connectivity index (χ4v) is 13.4. The molecule has 9 aromatic carbocycles. The summed E-state index contributed by atoms with van der Waals surface area (Å²) in [7, 11) is 0. The third-order valence-corrected chi connectivity index (χ3v) is 17.8. The summed E-state index contributed by atoms with van der Waals surface area (Å²) in [5.41, 5.74) is 14.3. The van der Waals surface area contributed by atoms with Crippen molar-refractivity contribution < 1.29 is 30.0 Å². The summed E-state index contributed by atoms with van der Waals surface area (Å²) in [5.74, 6) is 7.22. The molecule has 0 fully saturated rings. The fraction of sp³-hybridized carbons (Fsp3) is 0.152. The number of aryl methyl sites for hydroxylation is 1. The topological polar surface area (TPSA) is 43.9 Å². The Morgan fingerprint density at radius 3 is 2.03 bits per heavy atom. The van der Waals surface area contributed by atoms with Gasteiger partial charge in [0.15, 0.2) is 0 Å². The molecule has 12 aromatic rings. The van der Waals surface area contributed by atoms with E-state index >= 15 is 0 Å². The minimum absolute atomic E-state index is 0. The largest absolute Gasteiger partial charge is 0 e. The van der Waals surface area contributed by atoms with Gasteiger partial charge in [0.2, 0.25) is 0 Å². The van der Waals surface area contributed by atoms with Gasteiger partial charge in [-0.1, -0.05) is 146 Å². The molecule has 0 bridgehead atoms. The number of hydrogen-bond acceptors (Lipinski definition) is 3. The van der Waals surface area contributed by atoms with Crippen LogP contribution in [0.4, 0.5) is 0 Å². The first-order valence-corrected chi connectivity index (χ1v) is 31.8. The Bertz CT molecular complexity index is 4100. The van der Waals surface area contributed by atoms with Crippen LogP contribution in [0.3, 0.4) is 0 Å². The van der Waals surface area contributed by atoms with Crippen molar-refractivity contribution in [3.63, 3.8) is 0 Å². The van der Waals surface area contributed by atoms with Crippen molar-refractivity contribution in [3.8, 4) is 50.6 Å². The van der Waals surface area contributed by atoms with Crippen LogP contribution in [-0.2, 0) is 20.1 Å². The molecule has 0 aliphatic heterocycles. The number of imidazole rings is 1. The predicted octanol–water partition coefficient (Wildman–Crippen LogP) is 17.7. The normalized spacial score (nSPS) is 12.9. The molecule has 0 atom stereocenters. The Labute approximate surface area is 445 Å². The zero-order chi connectivity index (χ0) is 52.4. The first kappa shape index (κ1) is 43.9. The van der Waals surface area contributed by atoms with E-state index in [9.17, 15) is 0 Å². The average molecular weight is 1180 g/mol. The maximum Gasteiger partial charge on any atom is 0 e. The van der Waals surface area contributed by atoms with E-state index in [1.54, 1.807) is 12.1 Å². The average Bonchev–Trinajstić information content (AvgIpc) is 4.04. The van der Waals surface area contributed by atoms with Crippen molar-refractivity contribution in [2.24, 2.45) is 0 Å². The van der Waals surface area contributed by atoms with E-state index in [0.29, 0.717) is 0 Å². The van der Waals surface area contributed by atoms with Crippen LogP contribution in [0.2, 0.25) is 17.3 Å². The molecule has 6 heteroatoms. The summed E-state index contributed by atoms with van der Waals surface area (Å²) in [6, 6.07) is 69.5. The molecule has 0 saturated heterocycles. The van der Waals surface area contributed by atoms with E-state index in [0.717, 1.165) is 83.4 Å². The van der Waals surface area contributed by atoms with Crippen LogP contribution >= 0.6 is 0 Å². The Morgan fingerprint density at radius 1 is 0.625 bits per heavy atom. The van der Waals surface area contributed by atoms with E-state index in [1.807, 2.05) is 32.2 Å². The van der Waals surface area contributed by atoms with Gasteiger partial charge in [-0.3, -0.25) is 4.98 Å². The standard InChI is InChI=1S/C48H33N2O.C18H24GeN.Ir/c1-30(2)41-28-34(31-14-5-3-6-15-31)29-42(32-16-7-4-8-17-32)45(41)50-44-23-12-11-22-43(44)49-48(50)40-21-13-20-37-39-27-26-36-35-19-10-9-18-33(35)24-25-38(36)46(39)51-47(37)40;1-13(2)16-11-18(15-9-7-14(3)8-10-15)20-12-17(16)19(4,5)6;/h3-20,22-30H,1-2H3;7-9,11-13H,1-6H3;/q2*-1;/i;3D3,13D;. The van der Waals surface area contributed by atoms with E-state index in [4.69, 9.17) is 14.9 Å². The molecule has 357 valence electrons. The van der Waals surface area contributed by atoms with Gasteiger partial charge < -0.3 is 8.98 Å². The second-order valence-corrected chi connectivity index (χ2v) is 30.6. The second kappa shape index (κ2) is 20.0. The van der Waals surface area contributed by atoms with Crippen molar-refractivity contribution in [1.82, 2.24) is 14.5 Å². The molecule has 72 heavy (non-hydrogen) atoms. The van der Waals surface area contributed by atoms with Crippen LogP contribution in [0.25, 0.3) is 105 Å². The minimum Gasteiger partial charge on any atom is 0 e. The van der Waals surface area contributed by atoms with Crippen molar-refractivity contribution in [3.05, 3.63) is 217 Å². The van der Waals surface area contributed by atoms with Gasteiger partial charge in [-0.2, -0.15) is 0 Å². The predicted molar refractivity (Wildman–Crippen MR) is 303 cm³/mol. The van der Waals surface area contributed by atoms with E-state index in [2.05, 4.69) is 204 Å². The number of para-hydroxylation sites is 2. The van der Waals surface area contributed by atoms with Crippen molar-refractivity contribution in [2.45, 2.75) is 63.6 Å². The molecule has 0 aliphatic rings. The number of nitrogens with zero attached hydrogens (tertiary/aromatic N) is 3. The van der Waals surface area contributed by atoms with E-state index in [1.165, 1.54) is 43.3 Å². The molecule has 0 saturated carbocycles. The summed E-state index contributed by atoms with van der Waals surface area (Å²) in [6.45, 7) is 6.22. The number of benzene rings is 9. The molecule has 4 nitrogen and oxygen atoms in total. The molecule has 0 amide bonds.